The lowest BCUT2D eigenvalue weighted by atomic mass is 9.99. The molecular weight excluding hydrogens is 452 g/mol. The van der Waals surface area contributed by atoms with Crippen molar-refractivity contribution < 1.29 is 9.53 Å². The molecule has 7 nitrogen and oxygen atoms in total. The average Bonchev–Trinajstić information content (AvgIpc) is 2.80. The summed E-state index contributed by atoms with van der Waals surface area (Å²) < 4.78 is 5.22. The Bertz CT molecular complexity index is 1060. The number of anilines is 1. The fourth-order valence-electron chi connectivity index (χ4n) is 4.86. The normalized spacial score (nSPS) is 14.9. The molecule has 0 radical (unpaired) electrons. The third-order valence-electron chi connectivity index (χ3n) is 6.77. The van der Waals surface area contributed by atoms with Gasteiger partial charge in [-0.25, -0.2) is 0 Å². The number of piperidine rings is 1. The maximum atomic E-state index is 13.1. The first-order valence-electron chi connectivity index (χ1n) is 12.0. The number of hydrogen-bond acceptors (Lipinski definition) is 5. The summed E-state index contributed by atoms with van der Waals surface area (Å²) in [5.41, 5.74) is 4.50. The highest BCUT2D eigenvalue weighted by molar-refractivity contribution is 6.31. The first-order chi connectivity index (χ1) is 16.2. The Kier molecular flexibility index (Phi) is 9.17. The number of carbonyl (C=O) groups is 1. The molecule has 0 atom stereocenters. The van der Waals surface area contributed by atoms with Crippen LogP contribution in [-0.4, -0.2) is 61.7 Å². The van der Waals surface area contributed by atoms with Gasteiger partial charge >= 0.3 is 0 Å². The Morgan fingerprint density at radius 2 is 1.94 bits per heavy atom. The maximum Gasteiger partial charge on any atom is 0.253 e. The van der Waals surface area contributed by atoms with E-state index in [1.54, 1.807) is 13.2 Å². The first kappa shape index (κ1) is 26.3. The predicted molar refractivity (Wildman–Crippen MR) is 138 cm³/mol. The lowest BCUT2D eigenvalue weighted by Crippen LogP contribution is -2.46. The molecule has 1 aromatic carbocycles. The molecule has 1 fully saturated rings. The monoisotopic (exact) mass is 488 g/mol. The number of aryl methyl sites for hydroxylation is 2. The molecule has 0 aliphatic carbocycles. The van der Waals surface area contributed by atoms with Crippen LogP contribution in [-0.2, 0) is 11.3 Å². The quantitative estimate of drug-likeness (QED) is 0.561. The molecule has 0 unspecified atom stereocenters. The SMILES string of the molecule is CCN(c1cc(Cl)cc(C(=O)NCc2c(C)cc(C)[nH]c2=O)c1C)C1CCN(CCOC)CC1. The number of ether oxygens (including phenoxy) is 1. The van der Waals surface area contributed by atoms with Crippen LogP contribution in [0.1, 0.15) is 52.5 Å². The topological polar surface area (TPSA) is 77.7 Å². The van der Waals surface area contributed by atoms with Crippen molar-refractivity contribution in [2.24, 2.45) is 0 Å². The number of nitrogens with zero attached hydrogens (tertiary/aromatic N) is 2. The number of rotatable bonds is 9. The van der Waals surface area contributed by atoms with E-state index >= 15 is 0 Å². The molecule has 1 aromatic heterocycles. The highest BCUT2D eigenvalue weighted by Gasteiger charge is 2.26. The number of amides is 1. The third kappa shape index (κ3) is 6.20. The number of pyridine rings is 1. The number of H-pyrrole nitrogens is 1. The summed E-state index contributed by atoms with van der Waals surface area (Å²) in [6, 6.07) is 5.98. The molecule has 1 aliphatic rings. The summed E-state index contributed by atoms with van der Waals surface area (Å²) >= 11 is 6.49. The van der Waals surface area contributed by atoms with Crippen LogP contribution >= 0.6 is 11.6 Å². The zero-order chi connectivity index (χ0) is 24.8. The van der Waals surface area contributed by atoms with Crippen molar-refractivity contribution in [1.29, 1.82) is 0 Å². The van der Waals surface area contributed by atoms with E-state index in [0.29, 0.717) is 22.2 Å². The van der Waals surface area contributed by atoms with Crippen molar-refractivity contribution in [3.8, 4) is 0 Å². The first-order valence-corrected chi connectivity index (χ1v) is 12.4. The van der Waals surface area contributed by atoms with E-state index in [1.165, 1.54) is 0 Å². The van der Waals surface area contributed by atoms with E-state index in [2.05, 4.69) is 27.0 Å². The van der Waals surface area contributed by atoms with E-state index < -0.39 is 0 Å². The molecule has 1 aliphatic heterocycles. The van der Waals surface area contributed by atoms with Gasteiger partial charge < -0.3 is 24.8 Å². The van der Waals surface area contributed by atoms with Crippen LogP contribution in [0.5, 0.6) is 0 Å². The van der Waals surface area contributed by atoms with Crippen molar-refractivity contribution in [3.05, 3.63) is 61.5 Å². The fraction of sp³-hybridized carbons (Fsp3) is 0.538. The number of likely N-dealkylation sites (tertiary alicyclic amines) is 1. The van der Waals surface area contributed by atoms with Gasteiger partial charge in [-0.15, -0.1) is 0 Å². The van der Waals surface area contributed by atoms with Crippen LogP contribution in [0.4, 0.5) is 5.69 Å². The zero-order valence-corrected chi connectivity index (χ0v) is 21.7. The van der Waals surface area contributed by atoms with Crippen molar-refractivity contribution in [3.63, 3.8) is 0 Å². The second kappa shape index (κ2) is 11.9. The van der Waals surface area contributed by atoms with Crippen LogP contribution in [0.2, 0.25) is 5.02 Å². The molecule has 2 N–H and O–H groups in total. The maximum absolute atomic E-state index is 13.1. The van der Waals surface area contributed by atoms with Crippen molar-refractivity contribution in [2.45, 2.75) is 53.1 Å². The molecular formula is C26H37ClN4O3. The van der Waals surface area contributed by atoms with Gasteiger partial charge in [0.1, 0.15) is 0 Å². The van der Waals surface area contributed by atoms with Gasteiger partial charge in [0.25, 0.3) is 11.5 Å². The predicted octanol–water partition coefficient (Wildman–Crippen LogP) is 3.82. The van der Waals surface area contributed by atoms with Crippen molar-refractivity contribution in [1.82, 2.24) is 15.2 Å². The number of hydrogen-bond donors (Lipinski definition) is 2. The van der Waals surface area contributed by atoms with Crippen molar-refractivity contribution >= 4 is 23.2 Å². The van der Waals surface area contributed by atoms with Gasteiger partial charge in [0.15, 0.2) is 0 Å². The van der Waals surface area contributed by atoms with Gasteiger partial charge in [-0.2, -0.15) is 0 Å². The minimum Gasteiger partial charge on any atom is -0.383 e. The Morgan fingerprint density at radius 3 is 2.56 bits per heavy atom. The molecule has 0 spiro atoms. The second-order valence-corrected chi connectivity index (χ2v) is 9.51. The van der Waals surface area contributed by atoms with Crippen LogP contribution in [0, 0.1) is 20.8 Å². The van der Waals surface area contributed by atoms with Gasteiger partial charge in [-0.3, -0.25) is 9.59 Å². The number of methoxy groups -OCH3 is 1. The minimum absolute atomic E-state index is 0.166. The number of benzene rings is 1. The third-order valence-corrected chi connectivity index (χ3v) is 6.99. The van der Waals surface area contributed by atoms with Gasteiger partial charge in [-0.05, 0) is 69.9 Å². The number of halogens is 1. The summed E-state index contributed by atoms with van der Waals surface area (Å²) in [4.78, 5) is 33.1. The standard InChI is InChI=1S/C26H37ClN4O3/c1-6-31(21-7-9-30(10-8-21)11-12-34-5)24-15-20(27)14-22(19(24)4)25(32)28-16-23-17(2)13-18(3)29-26(23)33/h13-15,21H,6-12,16H2,1-5H3,(H,28,32)(H,29,33). The molecule has 8 heteroatoms. The summed E-state index contributed by atoms with van der Waals surface area (Å²) in [6.07, 6.45) is 2.11. The van der Waals surface area contributed by atoms with Crippen molar-refractivity contribution in [2.75, 3.05) is 44.8 Å². The van der Waals surface area contributed by atoms with Crippen LogP contribution in [0.3, 0.4) is 0 Å². The Morgan fingerprint density at radius 1 is 1.24 bits per heavy atom. The highest BCUT2D eigenvalue weighted by Crippen LogP contribution is 2.32. The average molecular weight is 489 g/mol. The van der Waals surface area contributed by atoms with Gasteiger partial charge in [0, 0.05) is 73.4 Å². The molecule has 0 bridgehead atoms. The minimum atomic E-state index is -0.230. The zero-order valence-electron chi connectivity index (χ0n) is 21.0. The van der Waals surface area contributed by atoms with E-state index in [9.17, 15) is 9.59 Å². The molecule has 3 rings (SSSR count). The Balaban J connectivity index is 1.77. The summed E-state index contributed by atoms with van der Waals surface area (Å²) in [5, 5.41) is 3.45. The lowest BCUT2D eigenvalue weighted by molar-refractivity contribution is 0.0950. The van der Waals surface area contributed by atoms with E-state index in [4.69, 9.17) is 16.3 Å². The molecule has 2 heterocycles. The lowest BCUT2D eigenvalue weighted by Gasteiger charge is -2.40. The molecule has 1 amide bonds. The van der Waals surface area contributed by atoms with E-state index in [-0.39, 0.29) is 18.0 Å². The fourth-order valence-corrected chi connectivity index (χ4v) is 5.08. The number of aromatic nitrogens is 1. The van der Waals surface area contributed by atoms with E-state index in [0.717, 1.165) is 68.1 Å². The largest absolute Gasteiger partial charge is 0.383 e. The van der Waals surface area contributed by atoms with Gasteiger partial charge in [-0.1, -0.05) is 11.6 Å². The van der Waals surface area contributed by atoms with Crippen LogP contribution in [0.15, 0.2) is 23.0 Å². The smallest absolute Gasteiger partial charge is 0.253 e. The summed E-state index contributed by atoms with van der Waals surface area (Å²) in [7, 11) is 1.74. The molecule has 186 valence electrons. The molecule has 2 aromatic rings. The molecule has 0 saturated carbocycles. The molecule has 1 saturated heterocycles. The van der Waals surface area contributed by atoms with Gasteiger partial charge in [0.2, 0.25) is 0 Å². The Hall–Kier alpha value is -2.35. The van der Waals surface area contributed by atoms with Gasteiger partial charge in [0.05, 0.1) is 6.61 Å². The number of carbonyl (C=O) groups excluding carboxylic acids is 1. The highest BCUT2D eigenvalue weighted by atomic mass is 35.5. The Labute approximate surface area is 207 Å². The number of nitrogens with one attached hydrogen (secondary N) is 2. The summed E-state index contributed by atoms with van der Waals surface area (Å²) in [5.74, 6) is -0.230. The van der Waals surface area contributed by atoms with E-state index in [1.807, 2.05) is 32.9 Å². The summed E-state index contributed by atoms with van der Waals surface area (Å²) in [6.45, 7) is 12.6. The van der Waals surface area contributed by atoms with Crippen LogP contribution in [0.25, 0.3) is 0 Å². The number of aromatic amines is 1. The second-order valence-electron chi connectivity index (χ2n) is 9.07. The van der Waals surface area contributed by atoms with Crippen LogP contribution < -0.4 is 15.8 Å². The molecule has 34 heavy (non-hydrogen) atoms.